The van der Waals surface area contributed by atoms with Crippen molar-refractivity contribution in [2.45, 2.75) is 18.9 Å². The lowest BCUT2D eigenvalue weighted by Gasteiger charge is -2.42. The number of rotatable bonds is 4. The molecule has 3 rings (SSSR count). The first kappa shape index (κ1) is 18.4. The van der Waals surface area contributed by atoms with E-state index in [1.165, 1.54) is 0 Å². The second-order valence-electron chi connectivity index (χ2n) is 7.10. The fourth-order valence-corrected chi connectivity index (χ4v) is 3.48. The molecule has 2 fully saturated rings. The van der Waals surface area contributed by atoms with E-state index in [1.807, 2.05) is 29.2 Å². The summed E-state index contributed by atoms with van der Waals surface area (Å²) in [5.41, 5.74) is 0. The van der Waals surface area contributed by atoms with Gasteiger partial charge in [0.2, 0.25) is 5.91 Å². The number of urea groups is 1. The summed E-state index contributed by atoms with van der Waals surface area (Å²) in [5, 5.41) is 0. The molecule has 0 bridgehead atoms. The number of ether oxygens (including phenoxy) is 2. The molecule has 0 N–H and O–H groups in total. The van der Waals surface area contributed by atoms with Crippen molar-refractivity contribution in [2.24, 2.45) is 5.92 Å². The van der Waals surface area contributed by atoms with Crippen LogP contribution in [0.5, 0.6) is 11.5 Å². The van der Waals surface area contributed by atoms with E-state index in [-0.39, 0.29) is 24.0 Å². The summed E-state index contributed by atoms with van der Waals surface area (Å²) in [6.45, 7) is 2.38. The zero-order valence-corrected chi connectivity index (χ0v) is 15.7. The van der Waals surface area contributed by atoms with Gasteiger partial charge in [-0.15, -0.1) is 0 Å². The Kier molecular flexibility index (Phi) is 5.54. The van der Waals surface area contributed by atoms with Gasteiger partial charge in [-0.2, -0.15) is 0 Å². The number of nitrogens with zero attached hydrogens (tertiary/aromatic N) is 3. The molecule has 26 heavy (non-hydrogen) atoms. The summed E-state index contributed by atoms with van der Waals surface area (Å²) in [6.07, 6.45) is 1.69. The summed E-state index contributed by atoms with van der Waals surface area (Å²) in [4.78, 5) is 30.0. The molecule has 0 saturated carbocycles. The fraction of sp³-hybridized carbons (Fsp3) is 0.579. The summed E-state index contributed by atoms with van der Waals surface area (Å²) < 4.78 is 11.2. The summed E-state index contributed by atoms with van der Waals surface area (Å²) >= 11 is 0. The molecule has 1 atom stereocenters. The van der Waals surface area contributed by atoms with Crippen molar-refractivity contribution < 1.29 is 19.1 Å². The predicted molar refractivity (Wildman–Crippen MR) is 97.4 cm³/mol. The van der Waals surface area contributed by atoms with Crippen molar-refractivity contribution in [1.29, 1.82) is 0 Å². The van der Waals surface area contributed by atoms with Gasteiger partial charge in [0.15, 0.2) is 11.5 Å². The molecule has 1 aromatic carbocycles. The average molecular weight is 361 g/mol. The molecule has 0 aromatic heterocycles. The number of para-hydroxylation sites is 2. The van der Waals surface area contributed by atoms with Gasteiger partial charge < -0.3 is 24.2 Å². The fourth-order valence-electron chi connectivity index (χ4n) is 3.48. The van der Waals surface area contributed by atoms with Crippen LogP contribution in [0, 0.1) is 5.92 Å². The molecule has 7 heteroatoms. The second-order valence-corrected chi connectivity index (χ2v) is 7.10. The molecule has 0 aliphatic carbocycles. The van der Waals surface area contributed by atoms with Gasteiger partial charge in [-0.3, -0.25) is 4.79 Å². The predicted octanol–water partition coefficient (Wildman–Crippen LogP) is 1.68. The zero-order valence-electron chi connectivity index (χ0n) is 15.7. The summed E-state index contributed by atoms with van der Waals surface area (Å²) in [6, 6.07) is 7.50. The van der Waals surface area contributed by atoms with Crippen LogP contribution >= 0.6 is 0 Å². The van der Waals surface area contributed by atoms with Crippen molar-refractivity contribution in [2.75, 3.05) is 47.4 Å². The van der Waals surface area contributed by atoms with Crippen LogP contribution in [0.2, 0.25) is 0 Å². The van der Waals surface area contributed by atoms with E-state index in [0.717, 1.165) is 19.4 Å². The van der Waals surface area contributed by atoms with Crippen molar-refractivity contribution in [1.82, 2.24) is 14.7 Å². The van der Waals surface area contributed by atoms with E-state index < -0.39 is 0 Å². The quantitative estimate of drug-likeness (QED) is 0.819. The number of hydrogen-bond acceptors (Lipinski definition) is 4. The Labute approximate surface area is 154 Å². The first-order chi connectivity index (χ1) is 12.5. The Morgan fingerprint density at radius 2 is 1.77 bits per heavy atom. The standard InChI is InChI=1S/C19H27N3O4/c1-20(2)19(24)21-10-6-7-14(11-21)18(23)22-12-15(13-22)26-17-9-5-4-8-16(17)25-3/h4-5,8-9,14-15H,6-7,10-13H2,1-3H3/t14-/m1/s1. The third kappa shape index (κ3) is 3.86. The van der Waals surface area contributed by atoms with Crippen LogP contribution in [-0.2, 0) is 4.79 Å². The largest absolute Gasteiger partial charge is 0.493 e. The minimum absolute atomic E-state index is 0.0154. The molecule has 2 saturated heterocycles. The minimum atomic E-state index is -0.111. The molecule has 3 amide bonds. The van der Waals surface area contributed by atoms with E-state index in [4.69, 9.17) is 9.47 Å². The highest BCUT2D eigenvalue weighted by molar-refractivity contribution is 5.81. The number of methoxy groups -OCH3 is 1. The smallest absolute Gasteiger partial charge is 0.319 e. The number of hydrogen-bond donors (Lipinski definition) is 0. The van der Waals surface area contributed by atoms with Crippen molar-refractivity contribution in [3.8, 4) is 11.5 Å². The van der Waals surface area contributed by atoms with E-state index in [0.29, 0.717) is 31.1 Å². The van der Waals surface area contributed by atoms with Gasteiger partial charge in [0.05, 0.1) is 26.1 Å². The van der Waals surface area contributed by atoms with Crippen molar-refractivity contribution in [3.05, 3.63) is 24.3 Å². The highest BCUT2D eigenvalue weighted by atomic mass is 16.5. The minimum Gasteiger partial charge on any atom is -0.493 e. The van der Waals surface area contributed by atoms with Gasteiger partial charge in [-0.25, -0.2) is 4.79 Å². The van der Waals surface area contributed by atoms with Gasteiger partial charge in [0.1, 0.15) is 6.10 Å². The molecule has 2 aliphatic heterocycles. The Bertz CT molecular complexity index is 658. The number of carbonyl (C=O) groups excluding carboxylic acids is 2. The van der Waals surface area contributed by atoms with E-state index in [1.54, 1.807) is 31.0 Å². The van der Waals surface area contributed by atoms with E-state index in [2.05, 4.69) is 0 Å². The monoisotopic (exact) mass is 361 g/mol. The van der Waals surface area contributed by atoms with Crippen LogP contribution < -0.4 is 9.47 Å². The average Bonchev–Trinajstić information content (AvgIpc) is 2.63. The highest BCUT2D eigenvalue weighted by Crippen LogP contribution is 2.29. The Balaban J connectivity index is 1.51. The molecule has 0 unspecified atom stereocenters. The van der Waals surface area contributed by atoms with Crippen LogP contribution in [0.1, 0.15) is 12.8 Å². The number of benzene rings is 1. The summed E-state index contributed by atoms with van der Waals surface area (Å²) in [7, 11) is 5.09. The lowest BCUT2D eigenvalue weighted by molar-refractivity contribution is -0.146. The number of piperidine rings is 1. The molecule has 2 heterocycles. The first-order valence-corrected chi connectivity index (χ1v) is 9.04. The molecule has 0 spiro atoms. The number of likely N-dealkylation sites (tertiary alicyclic amines) is 2. The topological polar surface area (TPSA) is 62.3 Å². The molecule has 142 valence electrons. The summed E-state index contributed by atoms with van der Waals surface area (Å²) in [5.74, 6) is 1.41. The Morgan fingerprint density at radius 3 is 2.42 bits per heavy atom. The van der Waals surface area contributed by atoms with E-state index >= 15 is 0 Å². The van der Waals surface area contributed by atoms with Gasteiger partial charge in [0.25, 0.3) is 0 Å². The molecule has 7 nitrogen and oxygen atoms in total. The van der Waals surface area contributed by atoms with Crippen LogP contribution in [0.15, 0.2) is 24.3 Å². The van der Waals surface area contributed by atoms with Gasteiger partial charge in [-0.05, 0) is 25.0 Å². The van der Waals surface area contributed by atoms with Crippen LogP contribution in [0.3, 0.4) is 0 Å². The maximum atomic E-state index is 12.7. The molecule has 0 radical (unpaired) electrons. The molecular formula is C19H27N3O4. The van der Waals surface area contributed by atoms with Crippen molar-refractivity contribution in [3.63, 3.8) is 0 Å². The number of amides is 3. The van der Waals surface area contributed by atoms with Gasteiger partial charge >= 0.3 is 6.03 Å². The normalized spacial score (nSPS) is 20.3. The molecule has 1 aromatic rings. The molecule has 2 aliphatic rings. The van der Waals surface area contributed by atoms with Crippen LogP contribution in [0.4, 0.5) is 4.79 Å². The lowest BCUT2D eigenvalue weighted by Crippen LogP contribution is -2.59. The molecular weight excluding hydrogens is 334 g/mol. The second kappa shape index (κ2) is 7.85. The zero-order chi connectivity index (χ0) is 18.7. The van der Waals surface area contributed by atoms with Gasteiger partial charge in [0, 0.05) is 27.2 Å². The Hall–Kier alpha value is -2.44. The van der Waals surface area contributed by atoms with E-state index in [9.17, 15) is 9.59 Å². The third-order valence-electron chi connectivity index (χ3n) is 4.95. The maximum absolute atomic E-state index is 12.7. The highest BCUT2D eigenvalue weighted by Gasteiger charge is 2.38. The maximum Gasteiger partial charge on any atom is 0.319 e. The van der Waals surface area contributed by atoms with Gasteiger partial charge in [-0.1, -0.05) is 12.1 Å². The first-order valence-electron chi connectivity index (χ1n) is 9.04. The van der Waals surface area contributed by atoms with Crippen LogP contribution in [0.25, 0.3) is 0 Å². The van der Waals surface area contributed by atoms with Crippen LogP contribution in [-0.4, -0.2) is 80.1 Å². The lowest BCUT2D eigenvalue weighted by atomic mass is 9.95. The Morgan fingerprint density at radius 1 is 1.08 bits per heavy atom. The SMILES string of the molecule is COc1ccccc1OC1CN(C(=O)[C@@H]2CCCN(C(=O)N(C)C)C2)C1. The van der Waals surface area contributed by atoms with Crippen molar-refractivity contribution >= 4 is 11.9 Å². The third-order valence-corrected chi connectivity index (χ3v) is 4.95. The number of carbonyl (C=O) groups is 2.